The molecule has 0 bridgehead atoms. The first-order valence-corrected chi connectivity index (χ1v) is 10.3. The number of amides is 1. The number of nitrogens with zero attached hydrogens (tertiary/aromatic N) is 2. The van der Waals surface area contributed by atoms with Crippen LogP contribution in [-0.4, -0.2) is 35.6 Å². The first-order valence-electron chi connectivity index (χ1n) is 9.49. The van der Waals surface area contributed by atoms with Crippen molar-refractivity contribution in [2.75, 3.05) is 20.3 Å². The molecule has 4 nitrogen and oxygen atoms in total. The monoisotopic (exact) mass is 430 g/mol. The van der Waals surface area contributed by atoms with Crippen molar-refractivity contribution in [3.63, 3.8) is 0 Å². The smallest absolute Gasteiger partial charge is 0.254 e. The normalized spacial score (nSPS) is 10.9. The van der Waals surface area contributed by atoms with E-state index in [1.165, 1.54) is 0 Å². The summed E-state index contributed by atoms with van der Waals surface area (Å²) in [5.74, 6) is -0.0248. The third-order valence-corrected chi connectivity index (χ3v) is 5.35. The number of carbonyl (C=O) groups excluding carboxylic acids is 1. The van der Waals surface area contributed by atoms with Gasteiger partial charge in [-0.3, -0.25) is 4.79 Å². The maximum atomic E-state index is 13.1. The van der Waals surface area contributed by atoms with Crippen LogP contribution in [0.5, 0.6) is 0 Å². The van der Waals surface area contributed by atoms with Crippen LogP contribution in [0, 0.1) is 0 Å². The number of hydrogen-bond donors (Lipinski definition) is 0. The predicted molar refractivity (Wildman–Crippen MR) is 118 cm³/mol. The van der Waals surface area contributed by atoms with E-state index >= 15 is 0 Å². The summed E-state index contributed by atoms with van der Waals surface area (Å²) in [7, 11) is 1.67. The van der Waals surface area contributed by atoms with Gasteiger partial charge >= 0.3 is 0 Å². The van der Waals surface area contributed by atoms with Gasteiger partial charge in [0.05, 0.1) is 6.54 Å². The first-order chi connectivity index (χ1) is 14.1. The highest BCUT2D eigenvalue weighted by molar-refractivity contribution is 6.31. The van der Waals surface area contributed by atoms with Gasteiger partial charge in [-0.1, -0.05) is 41.4 Å². The average Bonchev–Trinajstić information content (AvgIpc) is 3.16. The fraction of sp³-hybridized carbons (Fsp3) is 0.261. The third-order valence-electron chi connectivity index (χ3n) is 4.73. The van der Waals surface area contributed by atoms with Gasteiger partial charge in [0.2, 0.25) is 0 Å². The van der Waals surface area contributed by atoms with Gasteiger partial charge in [-0.15, -0.1) is 0 Å². The minimum absolute atomic E-state index is 0.0248. The highest BCUT2D eigenvalue weighted by Gasteiger charge is 2.18. The molecule has 0 spiro atoms. The molecule has 152 valence electrons. The number of aromatic nitrogens is 1. The molecule has 2 aromatic carbocycles. The van der Waals surface area contributed by atoms with Crippen molar-refractivity contribution in [2.45, 2.75) is 19.5 Å². The topological polar surface area (TPSA) is 34.5 Å². The van der Waals surface area contributed by atoms with Gasteiger partial charge in [-0.2, -0.15) is 0 Å². The number of hydrogen-bond acceptors (Lipinski definition) is 2. The fourth-order valence-electron chi connectivity index (χ4n) is 3.18. The Morgan fingerprint density at radius 3 is 2.52 bits per heavy atom. The molecule has 1 heterocycles. The second-order valence-electron chi connectivity index (χ2n) is 6.80. The van der Waals surface area contributed by atoms with Crippen LogP contribution in [0.15, 0.2) is 66.9 Å². The van der Waals surface area contributed by atoms with Crippen molar-refractivity contribution in [1.82, 2.24) is 9.47 Å². The Hall–Kier alpha value is -2.27. The fourth-order valence-corrected chi connectivity index (χ4v) is 3.50. The molecular formula is C23H24Cl2N2O2. The summed E-state index contributed by atoms with van der Waals surface area (Å²) in [4.78, 5) is 15.0. The van der Waals surface area contributed by atoms with Gasteiger partial charge in [0.25, 0.3) is 5.91 Å². The van der Waals surface area contributed by atoms with Crippen molar-refractivity contribution >= 4 is 29.1 Å². The molecule has 0 aliphatic carbocycles. The van der Waals surface area contributed by atoms with Gasteiger partial charge in [0, 0.05) is 54.3 Å². The predicted octanol–water partition coefficient (Wildman–Crippen LogP) is 5.52. The number of carbonyl (C=O) groups is 1. The molecule has 0 saturated heterocycles. The Labute approximate surface area is 181 Å². The van der Waals surface area contributed by atoms with E-state index in [0.717, 1.165) is 22.7 Å². The minimum atomic E-state index is -0.0248. The van der Waals surface area contributed by atoms with E-state index in [1.807, 2.05) is 47.5 Å². The zero-order valence-corrected chi connectivity index (χ0v) is 17.9. The summed E-state index contributed by atoms with van der Waals surface area (Å²) in [5.41, 5.74) is 2.71. The Bertz CT molecular complexity index is 938. The molecule has 0 atom stereocenters. The van der Waals surface area contributed by atoms with Crippen LogP contribution in [0.25, 0.3) is 0 Å². The molecule has 29 heavy (non-hydrogen) atoms. The average molecular weight is 431 g/mol. The SMILES string of the molecule is COCCCN(Cc1cccn1Cc1ccccc1Cl)C(=O)c1ccc(Cl)cc1. The summed E-state index contributed by atoms with van der Waals surface area (Å²) in [5, 5.41) is 1.35. The van der Waals surface area contributed by atoms with E-state index in [2.05, 4.69) is 4.57 Å². The lowest BCUT2D eigenvalue weighted by molar-refractivity contribution is 0.0720. The van der Waals surface area contributed by atoms with Crippen LogP contribution in [0.1, 0.15) is 28.0 Å². The number of rotatable bonds is 9. The van der Waals surface area contributed by atoms with Gasteiger partial charge in [0.1, 0.15) is 0 Å². The van der Waals surface area contributed by atoms with Crippen molar-refractivity contribution in [3.8, 4) is 0 Å². The molecule has 3 aromatic rings. The number of ether oxygens (including phenoxy) is 1. The molecule has 0 aliphatic heterocycles. The molecule has 0 unspecified atom stereocenters. The van der Waals surface area contributed by atoms with Crippen molar-refractivity contribution < 1.29 is 9.53 Å². The maximum Gasteiger partial charge on any atom is 0.254 e. The highest BCUT2D eigenvalue weighted by Crippen LogP contribution is 2.19. The van der Waals surface area contributed by atoms with Gasteiger partial charge in [-0.25, -0.2) is 0 Å². The van der Waals surface area contributed by atoms with Gasteiger partial charge in [-0.05, 0) is 54.4 Å². The molecule has 0 N–H and O–H groups in total. The van der Waals surface area contributed by atoms with Crippen molar-refractivity contribution in [3.05, 3.63) is 93.7 Å². The second-order valence-corrected chi connectivity index (χ2v) is 7.64. The standard InChI is InChI=1S/C23H24Cl2N2O2/c1-29-15-5-14-27(23(28)18-9-11-20(24)12-10-18)17-21-7-4-13-26(21)16-19-6-2-3-8-22(19)25/h2-4,6-13H,5,14-17H2,1H3. The Balaban J connectivity index is 1.79. The van der Waals surface area contributed by atoms with E-state index in [-0.39, 0.29) is 5.91 Å². The lowest BCUT2D eigenvalue weighted by atomic mass is 10.2. The van der Waals surface area contributed by atoms with Crippen LogP contribution in [0.4, 0.5) is 0 Å². The van der Waals surface area contributed by atoms with Crippen LogP contribution in [0.3, 0.4) is 0 Å². The first kappa shape index (κ1) is 21.4. The van der Waals surface area contributed by atoms with Gasteiger partial charge in [0.15, 0.2) is 0 Å². The summed E-state index contributed by atoms with van der Waals surface area (Å²) in [6.45, 7) is 2.36. The Morgan fingerprint density at radius 2 is 1.79 bits per heavy atom. The minimum Gasteiger partial charge on any atom is -0.385 e. The molecule has 6 heteroatoms. The molecule has 3 rings (SSSR count). The summed E-state index contributed by atoms with van der Waals surface area (Å²) in [6.07, 6.45) is 2.78. The summed E-state index contributed by atoms with van der Waals surface area (Å²) in [6, 6.07) is 18.8. The summed E-state index contributed by atoms with van der Waals surface area (Å²) < 4.78 is 7.29. The van der Waals surface area contributed by atoms with Crippen LogP contribution < -0.4 is 0 Å². The zero-order chi connectivity index (χ0) is 20.6. The van der Waals surface area contributed by atoms with Crippen LogP contribution in [-0.2, 0) is 17.8 Å². The second kappa shape index (κ2) is 10.5. The van der Waals surface area contributed by atoms with Gasteiger partial charge < -0.3 is 14.2 Å². The molecule has 1 amide bonds. The molecule has 0 saturated carbocycles. The summed E-state index contributed by atoms with van der Waals surface area (Å²) >= 11 is 12.3. The van der Waals surface area contributed by atoms with E-state index < -0.39 is 0 Å². The van der Waals surface area contributed by atoms with E-state index in [4.69, 9.17) is 27.9 Å². The molecule has 1 aromatic heterocycles. The quantitative estimate of drug-likeness (QED) is 0.418. The zero-order valence-electron chi connectivity index (χ0n) is 16.4. The third kappa shape index (κ3) is 5.86. The van der Waals surface area contributed by atoms with E-state index in [0.29, 0.717) is 36.8 Å². The van der Waals surface area contributed by atoms with E-state index in [9.17, 15) is 4.79 Å². The lowest BCUT2D eigenvalue weighted by Crippen LogP contribution is -2.33. The number of benzene rings is 2. The van der Waals surface area contributed by atoms with Crippen molar-refractivity contribution in [1.29, 1.82) is 0 Å². The molecule has 0 fully saturated rings. The lowest BCUT2D eigenvalue weighted by Gasteiger charge is -2.24. The molecule has 0 radical (unpaired) electrons. The van der Waals surface area contributed by atoms with E-state index in [1.54, 1.807) is 31.4 Å². The number of halogens is 2. The van der Waals surface area contributed by atoms with Crippen molar-refractivity contribution in [2.24, 2.45) is 0 Å². The van der Waals surface area contributed by atoms with Crippen LogP contribution in [0.2, 0.25) is 10.0 Å². The largest absolute Gasteiger partial charge is 0.385 e. The Kier molecular flexibility index (Phi) is 7.76. The number of methoxy groups -OCH3 is 1. The molecule has 0 aliphatic rings. The Morgan fingerprint density at radius 1 is 1.03 bits per heavy atom. The highest BCUT2D eigenvalue weighted by atomic mass is 35.5. The molecular weight excluding hydrogens is 407 g/mol. The van der Waals surface area contributed by atoms with Crippen LogP contribution >= 0.6 is 23.2 Å². The maximum absolute atomic E-state index is 13.1.